The van der Waals surface area contributed by atoms with Gasteiger partial charge >= 0.3 is 0 Å². The quantitative estimate of drug-likeness (QED) is 0.125. The van der Waals surface area contributed by atoms with E-state index < -0.39 is 10.8 Å². The molecule has 312 valence electrons. The lowest BCUT2D eigenvalue weighted by Crippen LogP contribution is -2.25. The minimum atomic E-state index is -0.445. The Balaban J connectivity index is 1.00. The van der Waals surface area contributed by atoms with Crippen LogP contribution in [0.3, 0.4) is 0 Å². The lowest BCUT2D eigenvalue weighted by molar-refractivity contribution is 0.794. The van der Waals surface area contributed by atoms with Crippen LogP contribution in [-0.4, -0.2) is 4.98 Å². The standard InChI is InChI=1S/C67H39N/c1-2-24-51-50(23-1)63(40-33-35-48-46-21-7-14-30-58(46)66(60(48)37-40)54-26-10-3-17-42(54)43-18-4-11-27-55(43)66)53-39-68-62-32-16-9-25-52(62)65(53)64(51)41-34-36-49-47-22-8-15-31-59(47)67(61(49)38-41)56-28-12-5-19-44(56)45-20-6-13-29-57(45)67/h1-39H. The van der Waals surface area contributed by atoms with E-state index in [1.165, 1.54) is 127 Å². The summed E-state index contributed by atoms with van der Waals surface area (Å²) in [6.07, 6.45) is 2.16. The van der Waals surface area contributed by atoms with Gasteiger partial charge in [0.25, 0.3) is 0 Å². The number of hydrogen-bond acceptors (Lipinski definition) is 1. The van der Waals surface area contributed by atoms with Crippen molar-refractivity contribution in [1.82, 2.24) is 4.98 Å². The lowest BCUT2D eigenvalue weighted by atomic mass is 9.70. The Morgan fingerprint density at radius 2 is 0.574 bits per heavy atom. The van der Waals surface area contributed by atoms with Crippen LogP contribution in [-0.2, 0) is 10.8 Å². The van der Waals surface area contributed by atoms with Gasteiger partial charge in [0.05, 0.1) is 16.3 Å². The maximum Gasteiger partial charge on any atom is 0.0725 e. The lowest BCUT2D eigenvalue weighted by Gasteiger charge is -2.31. The highest BCUT2D eigenvalue weighted by molar-refractivity contribution is 6.27. The van der Waals surface area contributed by atoms with Gasteiger partial charge in [-0.2, -0.15) is 0 Å². The predicted octanol–water partition coefficient (Wildman–Crippen LogP) is 16.6. The molecule has 0 amide bonds. The number of nitrogens with zero attached hydrogens (tertiary/aromatic N) is 1. The SMILES string of the molecule is c1ccc2c(c1)-c1ccccc1C21c2ccccc2-c2ccc(-c3c4ccccc4c(-c4ccc5c(c4)C4(c6ccccc6-c6ccccc64)c4ccccc4-5)c4c3cnc3ccccc34)cc21. The molecule has 2 spiro atoms. The van der Waals surface area contributed by atoms with Gasteiger partial charge in [-0.1, -0.05) is 212 Å². The Morgan fingerprint density at radius 3 is 1.00 bits per heavy atom. The smallest absolute Gasteiger partial charge is 0.0725 e. The van der Waals surface area contributed by atoms with E-state index in [2.05, 4.69) is 237 Å². The molecule has 11 aromatic carbocycles. The zero-order valence-electron chi connectivity index (χ0n) is 37.0. The van der Waals surface area contributed by atoms with Crippen molar-refractivity contribution in [2.45, 2.75) is 10.8 Å². The molecule has 0 atom stereocenters. The van der Waals surface area contributed by atoms with Crippen molar-refractivity contribution >= 4 is 32.4 Å². The first kappa shape index (κ1) is 36.6. The van der Waals surface area contributed by atoms with Crippen LogP contribution in [0.1, 0.15) is 44.5 Å². The first-order chi connectivity index (χ1) is 33.8. The number of pyridine rings is 1. The molecule has 68 heavy (non-hydrogen) atoms. The molecule has 1 heteroatoms. The molecule has 0 N–H and O–H groups in total. The Kier molecular flexibility index (Phi) is 7.01. The summed E-state index contributed by atoms with van der Waals surface area (Å²) >= 11 is 0. The highest BCUT2D eigenvalue weighted by atomic mass is 14.7. The Labute approximate surface area is 394 Å². The molecule has 0 fully saturated rings. The number of rotatable bonds is 2. The van der Waals surface area contributed by atoms with Gasteiger partial charge in [-0.05, 0) is 140 Å². The molecule has 12 aromatic rings. The van der Waals surface area contributed by atoms with E-state index in [4.69, 9.17) is 4.98 Å². The first-order valence-corrected chi connectivity index (χ1v) is 23.9. The normalized spacial score (nSPS) is 14.4. The van der Waals surface area contributed by atoms with Crippen LogP contribution in [0.4, 0.5) is 0 Å². The molecule has 0 aliphatic heterocycles. The van der Waals surface area contributed by atoms with Gasteiger partial charge in [-0.25, -0.2) is 0 Å². The second-order valence-electron chi connectivity index (χ2n) is 19.2. The second-order valence-corrected chi connectivity index (χ2v) is 19.2. The Morgan fingerprint density at radius 1 is 0.250 bits per heavy atom. The summed E-state index contributed by atoms with van der Waals surface area (Å²) in [4.78, 5) is 5.27. The van der Waals surface area contributed by atoms with E-state index in [1.807, 2.05) is 0 Å². The number of aromatic nitrogens is 1. The van der Waals surface area contributed by atoms with Gasteiger partial charge in [0, 0.05) is 22.4 Å². The van der Waals surface area contributed by atoms with E-state index in [0.717, 1.165) is 16.3 Å². The van der Waals surface area contributed by atoms with Crippen molar-refractivity contribution in [2.75, 3.05) is 0 Å². The van der Waals surface area contributed by atoms with Crippen molar-refractivity contribution in [3.63, 3.8) is 0 Å². The molecule has 1 nitrogen and oxygen atoms in total. The van der Waals surface area contributed by atoms with Crippen LogP contribution in [0, 0.1) is 0 Å². The van der Waals surface area contributed by atoms with Crippen LogP contribution in [0.15, 0.2) is 237 Å². The Hall–Kier alpha value is -8.65. The van der Waals surface area contributed by atoms with Crippen LogP contribution in [0.2, 0.25) is 0 Å². The number of benzene rings is 11. The molecule has 4 aliphatic carbocycles. The summed E-state index contributed by atoms with van der Waals surface area (Å²) < 4.78 is 0. The van der Waals surface area contributed by atoms with Crippen molar-refractivity contribution in [2.24, 2.45) is 0 Å². The third-order valence-electron chi connectivity index (χ3n) is 16.3. The third-order valence-corrected chi connectivity index (χ3v) is 16.3. The van der Waals surface area contributed by atoms with Gasteiger partial charge in [-0.15, -0.1) is 0 Å². The van der Waals surface area contributed by atoms with Gasteiger partial charge in [-0.3, -0.25) is 4.98 Å². The molecule has 0 bridgehead atoms. The minimum Gasteiger partial charge on any atom is -0.256 e. The minimum absolute atomic E-state index is 0.443. The van der Waals surface area contributed by atoms with Crippen LogP contribution < -0.4 is 0 Å². The summed E-state index contributed by atoms with van der Waals surface area (Å²) in [6.45, 7) is 0. The Bertz CT molecular complexity index is 4100. The van der Waals surface area contributed by atoms with E-state index in [-0.39, 0.29) is 0 Å². The average Bonchev–Trinajstić information content (AvgIpc) is 4.09. The highest BCUT2D eigenvalue weighted by Crippen LogP contribution is 2.65. The van der Waals surface area contributed by atoms with Crippen molar-refractivity contribution in [1.29, 1.82) is 0 Å². The van der Waals surface area contributed by atoms with Crippen molar-refractivity contribution < 1.29 is 0 Å². The van der Waals surface area contributed by atoms with E-state index in [9.17, 15) is 0 Å². The molecule has 1 heterocycles. The summed E-state index contributed by atoms with van der Waals surface area (Å²) in [7, 11) is 0. The molecule has 0 saturated carbocycles. The van der Waals surface area contributed by atoms with Crippen LogP contribution >= 0.6 is 0 Å². The molecule has 0 unspecified atom stereocenters. The van der Waals surface area contributed by atoms with E-state index >= 15 is 0 Å². The van der Waals surface area contributed by atoms with Crippen molar-refractivity contribution in [3.05, 3.63) is 281 Å². The van der Waals surface area contributed by atoms with Crippen molar-refractivity contribution in [3.8, 4) is 66.8 Å². The number of para-hydroxylation sites is 1. The van der Waals surface area contributed by atoms with E-state index in [1.54, 1.807) is 0 Å². The molecule has 0 saturated heterocycles. The topological polar surface area (TPSA) is 12.9 Å². The predicted molar refractivity (Wildman–Crippen MR) is 280 cm³/mol. The molecular formula is C67H39N. The zero-order valence-corrected chi connectivity index (χ0v) is 37.0. The van der Waals surface area contributed by atoms with Crippen LogP contribution in [0.5, 0.6) is 0 Å². The molecule has 4 aliphatic rings. The first-order valence-electron chi connectivity index (χ1n) is 23.9. The summed E-state index contributed by atoms with van der Waals surface area (Å²) in [5.74, 6) is 0. The van der Waals surface area contributed by atoms with Gasteiger partial charge in [0.1, 0.15) is 0 Å². The molecule has 1 aromatic heterocycles. The number of hydrogen-bond donors (Lipinski definition) is 0. The molecule has 0 radical (unpaired) electrons. The average molecular weight is 858 g/mol. The fraction of sp³-hybridized carbons (Fsp3) is 0.0299. The third kappa shape index (κ3) is 4.28. The molecular weight excluding hydrogens is 819 g/mol. The van der Waals surface area contributed by atoms with E-state index in [0.29, 0.717) is 0 Å². The highest BCUT2D eigenvalue weighted by Gasteiger charge is 2.53. The maximum atomic E-state index is 5.27. The number of fused-ring (bicyclic) bond motifs is 24. The summed E-state index contributed by atoms with van der Waals surface area (Å²) in [6, 6.07) is 87.1. The monoisotopic (exact) mass is 857 g/mol. The fourth-order valence-electron chi connectivity index (χ4n) is 13.9. The second kappa shape index (κ2) is 13.0. The summed E-state index contributed by atoms with van der Waals surface area (Å²) in [5, 5.41) is 6.00. The van der Waals surface area contributed by atoms with Gasteiger partial charge in [0.2, 0.25) is 0 Å². The maximum absolute atomic E-state index is 5.27. The van der Waals surface area contributed by atoms with Gasteiger partial charge in [0.15, 0.2) is 0 Å². The summed E-state index contributed by atoms with van der Waals surface area (Å²) in [5.41, 5.74) is 26.3. The fourth-order valence-corrected chi connectivity index (χ4v) is 13.9. The molecule has 16 rings (SSSR count). The van der Waals surface area contributed by atoms with Crippen LogP contribution in [0.25, 0.3) is 99.2 Å². The zero-order chi connectivity index (χ0) is 44.3. The van der Waals surface area contributed by atoms with Gasteiger partial charge < -0.3 is 0 Å². The largest absolute Gasteiger partial charge is 0.256 e.